The number of carbonyl (C=O) groups excluding carboxylic acids is 5. The average molecular weight is 700 g/mol. The van der Waals surface area contributed by atoms with E-state index in [-0.39, 0.29) is 61.8 Å². The molecule has 0 saturated carbocycles. The number of likely N-dealkylation sites (N-methyl/N-ethyl adjacent to an activating group) is 1. The van der Waals surface area contributed by atoms with E-state index in [1.54, 1.807) is 6.92 Å². The Morgan fingerprint density at radius 1 is 0.843 bits per heavy atom. The molecule has 0 aliphatic carbocycles. The van der Waals surface area contributed by atoms with Crippen molar-refractivity contribution in [3.8, 4) is 0 Å². The summed E-state index contributed by atoms with van der Waals surface area (Å²) in [4.78, 5) is 75.1. The number of aromatic amines is 1. The van der Waals surface area contributed by atoms with E-state index in [2.05, 4.69) is 53.9 Å². The smallest absolute Gasteiger partial charge is 0.245 e. The number of rotatable bonds is 6. The highest BCUT2D eigenvalue weighted by atomic mass is 16.2. The molecular weight excluding hydrogens is 646 g/mol. The van der Waals surface area contributed by atoms with E-state index >= 15 is 0 Å². The summed E-state index contributed by atoms with van der Waals surface area (Å²) >= 11 is 0. The number of aromatic nitrogens is 1. The van der Waals surface area contributed by atoms with Gasteiger partial charge in [-0.1, -0.05) is 48.5 Å². The van der Waals surface area contributed by atoms with Gasteiger partial charge in [-0.25, -0.2) is 0 Å². The summed E-state index contributed by atoms with van der Waals surface area (Å²) in [5.41, 5.74) is 2.26. The maximum absolute atomic E-state index is 14.1. The number of hydrogen-bond donors (Lipinski definition) is 5. The lowest BCUT2D eigenvalue weighted by Gasteiger charge is -2.46. The zero-order valence-corrected chi connectivity index (χ0v) is 30.7. The van der Waals surface area contributed by atoms with Crippen molar-refractivity contribution in [1.82, 2.24) is 36.1 Å². The fourth-order valence-corrected chi connectivity index (χ4v) is 7.88. The summed E-state index contributed by atoms with van der Waals surface area (Å²) in [6, 6.07) is 14.2. The number of hydrogen-bond acceptors (Lipinski definition) is 6. The van der Waals surface area contributed by atoms with E-state index in [1.807, 2.05) is 60.8 Å². The van der Waals surface area contributed by atoms with E-state index in [1.165, 1.54) is 16.8 Å². The molecule has 3 aromatic rings. The lowest BCUT2D eigenvalue weighted by Crippen LogP contribution is -2.58. The third-order valence-corrected chi connectivity index (χ3v) is 10.1. The number of H-pyrrole nitrogens is 1. The molecule has 274 valence electrons. The fourth-order valence-electron chi connectivity index (χ4n) is 7.88. The average Bonchev–Trinajstić information content (AvgIpc) is 3.47. The molecule has 12 heteroatoms. The molecule has 2 aliphatic heterocycles. The molecule has 5 rings (SSSR count). The summed E-state index contributed by atoms with van der Waals surface area (Å²) in [5, 5.41) is 13.2. The second-order valence-corrected chi connectivity index (χ2v) is 15.5. The Bertz CT molecular complexity index is 1720. The third kappa shape index (κ3) is 9.75. The number of amides is 5. The van der Waals surface area contributed by atoms with E-state index in [0.29, 0.717) is 0 Å². The van der Waals surface area contributed by atoms with Gasteiger partial charge in [0.05, 0.1) is 6.54 Å². The number of para-hydroxylation sites is 1. The van der Waals surface area contributed by atoms with Crippen LogP contribution < -0.4 is 21.3 Å². The zero-order valence-electron chi connectivity index (χ0n) is 30.7. The molecule has 0 unspecified atom stereocenters. The number of piperidine rings is 1. The number of nitrogens with zero attached hydrogens (tertiary/aromatic N) is 2. The van der Waals surface area contributed by atoms with E-state index in [4.69, 9.17) is 0 Å². The minimum atomic E-state index is -1.02. The van der Waals surface area contributed by atoms with Gasteiger partial charge in [-0.05, 0) is 70.6 Å². The van der Waals surface area contributed by atoms with Crippen molar-refractivity contribution in [3.63, 3.8) is 0 Å². The maximum atomic E-state index is 14.1. The molecule has 2 fully saturated rings. The highest BCUT2D eigenvalue weighted by molar-refractivity contribution is 5.95. The molecule has 2 aromatic carbocycles. The van der Waals surface area contributed by atoms with Crippen LogP contribution in [0.15, 0.2) is 60.8 Å². The van der Waals surface area contributed by atoms with E-state index in [0.717, 1.165) is 34.9 Å². The minimum Gasteiger partial charge on any atom is -0.361 e. The highest BCUT2D eigenvalue weighted by Gasteiger charge is 2.39. The van der Waals surface area contributed by atoms with Crippen LogP contribution in [0.5, 0.6) is 0 Å². The van der Waals surface area contributed by atoms with Gasteiger partial charge >= 0.3 is 0 Å². The predicted octanol–water partition coefficient (Wildman–Crippen LogP) is 2.67. The lowest BCUT2D eigenvalue weighted by molar-refractivity contribution is -0.142. The second-order valence-electron chi connectivity index (χ2n) is 15.5. The van der Waals surface area contributed by atoms with Crippen molar-refractivity contribution in [2.24, 2.45) is 5.92 Å². The van der Waals surface area contributed by atoms with Crippen LogP contribution in [0, 0.1) is 5.92 Å². The van der Waals surface area contributed by atoms with Crippen LogP contribution in [0.25, 0.3) is 10.9 Å². The Hall–Kier alpha value is -4.71. The molecule has 0 radical (unpaired) electrons. The molecule has 3 atom stereocenters. The first kappa shape index (κ1) is 37.5. The van der Waals surface area contributed by atoms with Crippen LogP contribution >= 0.6 is 0 Å². The number of nitrogens with one attached hydrogen (secondary N) is 5. The Morgan fingerprint density at radius 2 is 1.51 bits per heavy atom. The Kier molecular flexibility index (Phi) is 11.5. The summed E-state index contributed by atoms with van der Waals surface area (Å²) in [6.07, 6.45) is 4.06. The summed E-state index contributed by atoms with van der Waals surface area (Å²) in [5.74, 6) is -1.98. The maximum Gasteiger partial charge on any atom is 0.245 e. The Balaban J connectivity index is 1.43. The first-order valence-corrected chi connectivity index (χ1v) is 17.9. The van der Waals surface area contributed by atoms with Gasteiger partial charge < -0.3 is 36.1 Å². The van der Waals surface area contributed by atoms with Crippen molar-refractivity contribution in [2.75, 3.05) is 26.7 Å². The molecule has 51 heavy (non-hydrogen) atoms. The van der Waals surface area contributed by atoms with E-state index < -0.39 is 41.8 Å². The largest absolute Gasteiger partial charge is 0.361 e. The monoisotopic (exact) mass is 699 g/mol. The van der Waals surface area contributed by atoms with Gasteiger partial charge in [-0.15, -0.1) is 0 Å². The standard InChI is InChI=1S/C39H53N7O5/c1-25-35(49)43-31(18-26-12-8-7-9-13-26)36(50)40-16-17-46(34(48)19-27-21-38(2,3)44-39(4,5)22-27)24-33(47)42-32(37(51)45(25)6)20-28-23-41-30-15-11-10-14-29(28)30/h7-15,23,25,27,31-32,41,44H,16-22,24H2,1-6H3,(H,40,50)(H,42,47)(H,43,49)/t25-,31-,32-/m0/s1. The SMILES string of the molecule is C[C@H]1C(=O)N[C@@H](Cc2ccccc2)C(=O)NCCN(C(=O)CC2CC(C)(C)NC(C)(C)C2)CC(=O)N[C@@H](Cc2c[nH]c3ccccc23)C(=O)N1C. The van der Waals surface area contributed by atoms with Crippen LogP contribution in [-0.4, -0.2) is 100 Å². The van der Waals surface area contributed by atoms with Crippen LogP contribution in [0.1, 0.15) is 65.0 Å². The highest BCUT2D eigenvalue weighted by Crippen LogP contribution is 2.35. The number of benzene rings is 2. The summed E-state index contributed by atoms with van der Waals surface area (Å²) in [6.45, 7) is 10.00. The van der Waals surface area contributed by atoms with Gasteiger partial charge in [0.1, 0.15) is 18.1 Å². The van der Waals surface area contributed by atoms with Crippen LogP contribution in [-0.2, 0) is 36.8 Å². The molecule has 1 aromatic heterocycles. The first-order chi connectivity index (χ1) is 24.1. The summed E-state index contributed by atoms with van der Waals surface area (Å²) < 4.78 is 0. The van der Waals surface area contributed by atoms with Crippen LogP contribution in [0.2, 0.25) is 0 Å². The van der Waals surface area contributed by atoms with Crippen LogP contribution in [0.3, 0.4) is 0 Å². The zero-order chi connectivity index (χ0) is 36.9. The first-order valence-electron chi connectivity index (χ1n) is 17.9. The normalized spacial score (nSPS) is 23.9. The van der Waals surface area contributed by atoms with Gasteiger partial charge in [0, 0.05) is 67.6 Å². The molecule has 5 N–H and O–H groups in total. The quantitative estimate of drug-likeness (QED) is 0.267. The second kappa shape index (κ2) is 15.7. The van der Waals surface area contributed by atoms with E-state index in [9.17, 15) is 24.0 Å². The molecule has 12 nitrogen and oxygen atoms in total. The van der Waals surface area contributed by atoms with Gasteiger partial charge in [0.25, 0.3) is 0 Å². The van der Waals surface area contributed by atoms with Crippen LogP contribution in [0.4, 0.5) is 0 Å². The number of carbonyl (C=O) groups is 5. The topological polar surface area (TPSA) is 156 Å². The van der Waals surface area contributed by atoms with Gasteiger partial charge in [0.15, 0.2) is 0 Å². The minimum absolute atomic E-state index is 0.0787. The lowest BCUT2D eigenvalue weighted by atomic mass is 9.74. The van der Waals surface area contributed by atoms with Gasteiger partial charge in [0.2, 0.25) is 29.5 Å². The van der Waals surface area contributed by atoms with Crippen molar-refractivity contribution >= 4 is 40.4 Å². The summed E-state index contributed by atoms with van der Waals surface area (Å²) in [7, 11) is 1.52. The molecular formula is C39H53N7O5. The number of fused-ring (bicyclic) bond motifs is 1. The molecule has 2 aliphatic rings. The Labute approximate surface area is 300 Å². The van der Waals surface area contributed by atoms with Crippen molar-refractivity contribution in [3.05, 3.63) is 71.9 Å². The molecule has 0 spiro atoms. The molecule has 5 amide bonds. The van der Waals surface area contributed by atoms with Gasteiger partial charge in [-0.2, -0.15) is 0 Å². The Morgan fingerprint density at radius 3 is 2.22 bits per heavy atom. The van der Waals surface area contributed by atoms with Gasteiger partial charge in [-0.3, -0.25) is 24.0 Å². The molecule has 0 bridgehead atoms. The van der Waals surface area contributed by atoms with Crippen molar-refractivity contribution < 1.29 is 24.0 Å². The van der Waals surface area contributed by atoms with Crippen molar-refractivity contribution in [1.29, 1.82) is 0 Å². The fraction of sp³-hybridized carbons (Fsp3) is 0.513. The molecule has 2 saturated heterocycles. The predicted molar refractivity (Wildman–Crippen MR) is 196 cm³/mol. The third-order valence-electron chi connectivity index (χ3n) is 10.1. The van der Waals surface area contributed by atoms with Crippen molar-refractivity contribution in [2.45, 2.75) is 95.9 Å². The molecule has 3 heterocycles.